The third-order valence-electron chi connectivity index (χ3n) is 2.92. The topological polar surface area (TPSA) is 104 Å². The molecule has 0 aromatic heterocycles. The van der Waals surface area contributed by atoms with Crippen molar-refractivity contribution < 1.29 is 14.7 Å². The zero-order chi connectivity index (χ0) is 15.3. The van der Waals surface area contributed by atoms with Crippen LogP contribution in [-0.2, 0) is 9.59 Å². The lowest BCUT2D eigenvalue weighted by Gasteiger charge is -2.15. The molecule has 5 N–H and O–H groups in total. The van der Waals surface area contributed by atoms with Gasteiger partial charge in [0.05, 0.1) is 12.6 Å². The number of nitrogens with two attached hydrogens (primary N) is 1. The van der Waals surface area contributed by atoms with E-state index in [4.69, 9.17) is 5.73 Å². The van der Waals surface area contributed by atoms with Gasteiger partial charge in [-0.15, -0.1) is 0 Å². The molecule has 6 heteroatoms. The van der Waals surface area contributed by atoms with Gasteiger partial charge in [0.15, 0.2) is 0 Å². The molecular formula is C14H21N3O3. The summed E-state index contributed by atoms with van der Waals surface area (Å²) in [6.45, 7) is 5.26. The van der Waals surface area contributed by atoms with E-state index in [0.717, 1.165) is 0 Å². The molecule has 0 aliphatic rings. The van der Waals surface area contributed by atoms with Crippen LogP contribution in [0.5, 0.6) is 5.75 Å². The summed E-state index contributed by atoms with van der Waals surface area (Å²) in [5.41, 5.74) is 6.89. The predicted octanol–water partition coefficient (Wildman–Crippen LogP) is 0.739. The summed E-state index contributed by atoms with van der Waals surface area (Å²) < 4.78 is 0. The van der Waals surface area contributed by atoms with E-state index in [0.29, 0.717) is 11.3 Å². The number of carbonyl (C=O) groups excluding carboxylic acids is 2. The second-order valence-corrected chi connectivity index (χ2v) is 5.04. The molecule has 0 fully saturated rings. The average molecular weight is 279 g/mol. The van der Waals surface area contributed by atoms with Crippen LogP contribution in [0.2, 0.25) is 0 Å². The van der Waals surface area contributed by atoms with Crippen molar-refractivity contribution in [2.75, 3.05) is 11.9 Å². The third kappa shape index (κ3) is 4.55. The van der Waals surface area contributed by atoms with Crippen LogP contribution in [0.4, 0.5) is 5.69 Å². The van der Waals surface area contributed by atoms with Gasteiger partial charge in [-0.3, -0.25) is 9.59 Å². The maximum atomic E-state index is 11.7. The standard InChI is InChI=1S/C14H21N3O3/c1-8(2)13(15)14(20)16-7-12(19)17-10-4-5-11(18)9(3)6-10/h4-6,8,13,18H,7,15H2,1-3H3,(H,16,20)(H,17,19)/t13-/m0/s1. The van der Waals surface area contributed by atoms with Gasteiger partial charge in [0, 0.05) is 5.69 Å². The van der Waals surface area contributed by atoms with Crippen molar-refractivity contribution in [1.82, 2.24) is 5.32 Å². The Morgan fingerprint density at radius 3 is 2.55 bits per heavy atom. The van der Waals surface area contributed by atoms with E-state index < -0.39 is 6.04 Å². The predicted molar refractivity (Wildman–Crippen MR) is 77.3 cm³/mol. The number of benzene rings is 1. The monoisotopic (exact) mass is 279 g/mol. The number of anilines is 1. The van der Waals surface area contributed by atoms with Crippen LogP contribution in [0.15, 0.2) is 18.2 Å². The Morgan fingerprint density at radius 2 is 2.00 bits per heavy atom. The Labute approximate surface area is 118 Å². The molecule has 1 atom stereocenters. The van der Waals surface area contributed by atoms with Crippen LogP contribution in [0.3, 0.4) is 0 Å². The molecule has 6 nitrogen and oxygen atoms in total. The number of hydrogen-bond acceptors (Lipinski definition) is 4. The van der Waals surface area contributed by atoms with Crippen LogP contribution in [0.1, 0.15) is 19.4 Å². The highest BCUT2D eigenvalue weighted by Crippen LogP contribution is 2.19. The van der Waals surface area contributed by atoms with Crippen molar-refractivity contribution in [3.63, 3.8) is 0 Å². The molecule has 0 saturated carbocycles. The van der Waals surface area contributed by atoms with Crippen LogP contribution >= 0.6 is 0 Å². The molecule has 0 saturated heterocycles. The largest absolute Gasteiger partial charge is 0.508 e. The van der Waals surface area contributed by atoms with Crippen molar-refractivity contribution >= 4 is 17.5 Å². The number of rotatable bonds is 5. The molecule has 0 bridgehead atoms. The van der Waals surface area contributed by atoms with Crippen molar-refractivity contribution in [2.45, 2.75) is 26.8 Å². The summed E-state index contributed by atoms with van der Waals surface area (Å²) in [6.07, 6.45) is 0. The first-order valence-corrected chi connectivity index (χ1v) is 6.44. The van der Waals surface area contributed by atoms with Gasteiger partial charge in [0.25, 0.3) is 0 Å². The molecule has 1 aromatic carbocycles. The summed E-state index contributed by atoms with van der Waals surface area (Å²) in [6, 6.07) is 4.10. The molecule has 110 valence electrons. The average Bonchev–Trinajstić information content (AvgIpc) is 2.39. The van der Waals surface area contributed by atoms with Gasteiger partial charge in [-0.1, -0.05) is 13.8 Å². The molecule has 1 aromatic rings. The summed E-state index contributed by atoms with van der Waals surface area (Å²) in [4.78, 5) is 23.3. The van der Waals surface area contributed by atoms with Crippen molar-refractivity contribution in [3.05, 3.63) is 23.8 Å². The maximum absolute atomic E-state index is 11.7. The normalized spacial score (nSPS) is 12.1. The summed E-state index contributed by atoms with van der Waals surface area (Å²) in [5.74, 6) is -0.520. The summed E-state index contributed by atoms with van der Waals surface area (Å²) in [5, 5.41) is 14.5. The van der Waals surface area contributed by atoms with Gasteiger partial charge >= 0.3 is 0 Å². The van der Waals surface area contributed by atoms with E-state index in [1.54, 1.807) is 19.1 Å². The molecule has 2 amide bonds. The van der Waals surface area contributed by atoms with Crippen molar-refractivity contribution in [1.29, 1.82) is 0 Å². The summed E-state index contributed by atoms with van der Waals surface area (Å²) >= 11 is 0. The van der Waals surface area contributed by atoms with Gasteiger partial charge in [-0.25, -0.2) is 0 Å². The molecule has 1 rings (SSSR count). The smallest absolute Gasteiger partial charge is 0.243 e. The fourth-order valence-electron chi connectivity index (χ4n) is 1.53. The number of aryl methyl sites for hydroxylation is 1. The van der Waals surface area contributed by atoms with E-state index in [-0.39, 0.29) is 30.0 Å². The highest BCUT2D eigenvalue weighted by atomic mass is 16.3. The van der Waals surface area contributed by atoms with E-state index in [9.17, 15) is 14.7 Å². The minimum absolute atomic E-state index is 0.0119. The second-order valence-electron chi connectivity index (χ2n) is 5.04. The first-order valence-electron chi connectivity index (χ1n) is 6.44. The Balaban J connectivity index is 2.48. The molecule has 0 aliphatic carbocycles. The van der Waals surface area contributed by atoms with Crippen molar-refractivity contribution in [2.24, 2.45) is 11.7 Å². The lowest BCUT2D eigenvalue weighted by atomic mass is 10.1. The molecule has 20 heavy (non-hydrogen) atoms. The van der Waals surface area contributed by atoms with E-state index in [2.05, 4.69) is 10.6 Å². The number of phenols is 1. The number of phenolic OH excluding ortho intramolecular Hbond substituents is 1. The minimum Gasteiger partial charge on any atom is -0.508 e. The highest BCUT2D eigenvalue weighted by Gasteiger charge is 2.17. The number of aromatic hydroxyl groups is 1. The number of hydrogen-bond donors (Lipinski definition) is 4. The second kappa shape index (κ2) is 6.91. The lowest BCUT2D eigenvalue weighted by Crippen LogP contribution is -2.46. The molecule has 0 spiro atoms. The number of carbonyl (C=O) groups is 2. The fourth-order valence-corrected chi connectivity index (χ4v) is 1.53. The maximum Gasteiger partial charge on any atom is 0.243 e. The summed E-state index contributed by atoms with van der Waals surface area (Å²) in [7, 11) is 0. The molecule has 0 radical (unpaired) electrons. The lowest BCUT2D eigenvalue weighted by molar-refractivity contribution is -0.125. The van der Waals surface area contributed by atoms with Crippen molar-refractivity contribution in [3.8, 4) is 5.75 Å². The van der Waals surface area contributed by atoms with Gasteiger partial charge in [-0.05, 0) is 36.6 Å². The van der Waals surface area contributed by atoms with Crippen LogP contribution in [-0.4, -0.2) is 29.5 Å². The fraction of sp³-hybridized carbons (Fsp3) is 0.429. The van der Waals surface area contributed by atoms with Gasteiger partial charge in [0.2, 0.25) is 11.8 Å². The Bertz CT molecular complexity index is 500. The van der Waals surface area contributed by atoms with E-state index in [1.807, 2.05) is 13.8 Å². The van der Waals surface area contributed by atoms with Crippen LogP contribution in [0, 0.1) is 12.8 Å². The van der Waals surface area contributed by atoms with Crippen LogP contribution in [0.25, 0.3) is 0 Å². The first-order chi connectivity index (χ1) is 9.31. The Hall–Kier alpha value is -2.08. The highest BCUT2D eigenvalue weighted by molar-refractivity contribution is 5.95. The molecule has 0 heterocycles. The zero-order valence-electron chi connectivity index (χ0n) is 11.9. The first kappa shape index (κ1) is 16.0. The SMILES string of the molecule is Cc1cc(NC(=O)CNC(=O)[C@@H](N)C(C)C)ccc1O. The Morgan fingerprint density at radius 1 is 1.35 bits per heavy atom. The van der Waals surface area contributed by atoms with Crippen LogP contribution < -0.4 is 16.4 Å². The quantitative estimate of drug-likeness (QED) is 0.597. The molecular weight excluding hydrogens is 258 g/mol. The van der Waals surface area contributed by atoms with Gasteiger partial charge in [0.1, 0.15) is 5.75 Å². The zero-order valence-corrected chi connectivity index (χ0v) is 11.9. The van der Waals surface area contributed by atoms with Gasteiger partial charge < -0.3 is 21.5 Å². The number of nitrogens with one attached hydrogen (secondary N) is 2. The third-order valence-corrected chi connectivity index (χ3v) is 2.92. The van der Waals surface area contributed by atoms with E-state index >= 15 is 0 Å². The van der Waals surface area contributed by atoms with E-state index in [1.165, 1.54) is 6.07 Å². The molecule has 0 aliphatic heterocycles. The molecule has 0 unspecified atom stereocenters. The van der Waals surface area contributed by atoms with Gasteiger partial charge in [-0.2, -0.15) is 0 Å². The Kier molecular flexibility index (Phi) is 5.52. The minimum atomic E-state index is -0.626. The number of amides is 2.